The first kappa shape index (κ1) is 16.2. The van der Waals surface area contributed by atoms with Crippen LogP contribution in [-0.4, -0.2) is 23.0 Å². The summed E-state index contributed by atoms with van der Waals surface area (Å²) in [4.78, 5) is 23.6. The van der Waals surface area contributed by atoms with E-state index in [1.165, 1.54) is 6.92 Å². The van der Waals surface area contributed by atoms with Gasteiger partial charge in [0.05, 0.1) is 6.04 Å². The molecular weight excluding hydrogens is 256 g/mol. The Labute approximate surface area is 119 Å². The SMILES string of the molecule is CC(C)C[C@H](N)C(=O)NC(C)(C(=O)O)c1ccccc1. The van der Waals surface area contributed by atoms with Gasteiger partial charge in [0.2, 0.25) is 5.91 Å². The largest absolute Gasteiger partial charge is 0.479 e. The molecule has 1 aromatic carbocycles. The van der Waals surface area contributed by atoms with Crippen LogP contribution in [0.2, 0.25) is 0 Å². The molecule has 0 fully saturated rings. The molecule has 0 heterocycles. The van der Waals surface area contributed by atoms with Crippen molar-refractivity contribution in [2.75, 3.05) is 0 Å². The van der Waals surface area contributed by atoms with Crippen molar-refractivity contribution < 1.29 is 14.7 Å². The van der Waals surface area contributed by atoms with E-state index in [1.54, 1.807) is 30.3 Å². The summed E-state index contributed by atoms with van der Waals surface area (Å²) >= 11 is 0. The highest BCUT2D eigenvalue weighted by Crippen LogP contribution is 2.21. The van der Waals surface area contributed by atoms with Gasteiger partial charge in [-0.15, -0.1) is 0 Å². The fourth-order valence-electron chi connectivity index (χ4n) is 1.97. The Kier molecular flexibility index (Phi) is 5.27. The Bertz CT molecular complexity index is 473. The van der Waals surface area contributed by atoms with E-state index in [1.807, 2.05) is 13.8 Å². The predicted molar refractivity (Wildman–Crippen MR) is 77.0 cm³/mol. The third-order valence-electron chi connectivity index (χ3n) is 3.21. The molecule has 0 saturated carbocycles. The highest BCUT2D eigenvalue weighted by atomic mass is 16.4. The summed E-state index contributed by atoms with van der Waals surface area (Å²) in [6.45, 7) is 5.38. The lowest BCUT2D eigenvalue weighted by molar-refractivity contribution is -0.147. The topological polar surface area (TPSA) is 92.4 Å². The van der Waals surface area contributed by atoms with Gasteiger partial charge in [0.1, 0.15) is 0 Å². The molecule has 0 spiro atoms. The number of aliphatic carboxylic acids is 1. The summed E-state index contributed by atoms with van der Waals surface area (Å²) in [5, 5.41) is 12.0. The van der Waals surface area contributed by atoms with E-state index in [2.05, 4.69) is 5.32 Å². The minimum atomic E-state index is -1.48. The summed E-state index contributed by atoms with van der Waals surface area (Å²) in [6, 6.07) is 7.88. The molecule has 0 bridgehead atoms. The van der Waals surface area contributed by atoms with E-state index in [4.69, 9.17) is 5.73 Å². The number of carbonyl (C=O) groups excluding carboxylic acids is 1. The second kappa shape index (κ2) is 6.52. The molecule has 4 N–H and O–H groups in total. The van der Waals surface area contributed by atoms with E-state index >= 15 is 0 Å². The van der Waals surface area contributed by atoms with E-state index in [9.17, 15) is 14.7 Å². The third kappa shape index (κ3) is 3.81. The molecule has 0 aliphatic carbocycles. The zero-order valence-electron chi connectivity index (χ0n) is 12.1. The molecule has 0 aliphatic rings. The summed E-state index contributed by atoms with van der Waals surface area (Å²) in [5.41, 5.74) is 4.83. The molecule has 5 nitrogen and oxygen atoms in total. The summed E-state index contributed by atoms with van der Waals surface area (Å²) in [7, 11) is 0. The van der Waals surface area contributed by atoms with E-state index in [0.29, 0.717) is 12.0 Å². The average molecular weight is 278 g/mol. The fraction of sp³-hybridized carbons (Fsp3) is 0.467. The smallest absolute Gasteiger partial charge is 0.333 e. The Morgan fingerprint density at radius 2 is 1.85 bits per heavy atom. The second-order valence-corrected chi connectivity index (χ2v) is 5.52. The average Bonchev–Trinajstić information content (AvgIpc) is 2.38. The van der Waals surface area contributed by atoms with Crippen molar-refractivity contribution in [3.05, 3.63) is 35.9 Å². The number of nitrogens with one attached hydrogen (secondary N) is 1. The van der Waals surface area contributed by atoms with E-state index < -0.39 is 23.5 Å². The Morgan fingerprint density at radius 3 is 2.30 bits per heavy atom. The van der Waals surface area contributed by atoms with Crippen molar-refractivity contribution in [1.82, 2.24) is 5.32 Å². The van der Waals surface area contributed by atoms with Crippen LogP contribution in [0.15, 0.2) is 30.3 Å². The maximum absolute atomic E-state index is 12.1. The number of benzene rings is 1. The molecule has 0 aromatic heterocycles. The first-order chi connectivity index (χ1) is 9.27. The monoisotopic (exact) mass is 278 g/mol. The number of hydrogen-bond donors (Lipinski definition) is 3. The van der Waals surface area contributed by atoms with Gasteiger partial charge in [-0.1, -0.05) is 44.2 Å². The number of carboxylic acids is 1. The third-order valence-corrected chi connectivity index (χ3v) is 3.21. The Hall–Kier alpha value is -1.88. The standard InChI is InChI=1S/C15H22N2O3/c1-10(2)9-12(16)13(18)17-15(3,14(19)20)11-7-5-4-6-8-11/h4-8,10,12H,9,16H2,1-3H3,(H,17,18)(H,19,20)/t12-,15?/m0/s1. The van der Waals surface area contributed by atoms with Crippen LogP contribution < -0.4 is 11.1 Å². The summed E-state index contributed by atoms with van der Waals surface area (Å²) in [6.07, 6.45) is 0.510. The van der Waals surface area contributed by atoms with Crippen LogP contribution in [0.25, 0.3) is 0 Å². The second-order valence-electron chi connectivity index (χ2n) is 5.52. The van der Waals surface area contributed by atoms with Gasteiger partial charge < -0.3 is 16.2 Å². The lowest BCUT2D eigenvalue weighted by Crippen LogP contribution is -2.54. The number of carboxylic acid groups (broad SMARTS) is 1. The van der Waals surface area contributed by atoms with Crippen molar-refractivity contribution in [1.29, 1.82) is 0 Å². The van der Waals surface area contributed by atoms with Gasteiger partial charge in [0.15, 0.2) is 5.54 Å². The predicted octanol–water partition coefficient (Wildman–Crippen LogP) is 1.48. The highest BCUT2D eigenvalue weighted by molar-refractivity contribution is 5.90. The van der Waals surface area contributed by atoms with Crippen LogP contribution in [0.3, 0.4) is 0 Å². The molecule has 1 rings (SSSR count). The molecule has 1 amide bonds. The Morgan fingerprint density at radius 1 is 1.30 bits per heavy atom. The quantitative estimate of drug-likeness (QED) is 0.734. The van der Waals surface area contributed by atoms with Crippen LogP contribution >= 0.6 is 0 Å². The lowest BCUT2D eigenvalue weighted by Gasteiger charge is -2.28. The van der Waals surface area contributed by atoms with Gasteiger partial charge >= 0.3 is 5.97 Å². The van der Waals surface area contributed by atoms with Crippen LogP contribution in [0.1, 0.15) is 32.8 Å². The maximum atomic E-state index is 12.1. The van der Waals surface area contributed by atoms with Crippen LogP contribution in [0.5, 0.6) is 0 Å². The highest BCUT2D eigenvalue weighted by Gasteiger charge is 2.37. The first-order valence-electron chi connectivity index (χ1n) is 6.64. The van der Waals surface area contributed by atoms with Gasteiger partial charge in [-0.3, -0.25) is 4.79 Å². The van der Waals surface area contributed by atoms with Gasteiger partial charge in [0.25, 0.3) is 0 Å². The molecule has 0 radical (unpaired) electrons. The zero-order valence-corrected chi connectivity index (χ0v) is 12.1. The molecule has 1 aromatic rings. The molecule has 110 valence electrons. The molecule has 1 unspecified atom stereocenters. The minimum Gasteiger partial charge on any atom is -0.479 e. The van der Waals surface area contributed by atoms with Gasteiger partial charge in [-0.2, -0.15) is 0 Å². The van der Waals surface area contributed by atoms with Crippen molar-refractivity contribution in [2.24, 2.45) is 11.7 Å². The number of hydrogen-bond acceptors (Lipinski definition) is 3. The normalized spacial score (nSPS) is 15.4. The number of carbonyl (C=O) groups is 2. The Balaban J connectivity index is 2.94. The molecule has 5 heteroatoms. The summed E-state index contributed by atoms with van der Waals surface area (Å²) < 4.78 is 0. The number of rotatable bonds is 6. The van der Waals surface area contributed by atoms with Gasteiger partial charge in [0, 0.05) is 0 Å². The van der Waals surface area contributed by atoms with Crippen molar-refractivity contribution >= 4 is 11.9 Å². The molecule has 20 heavy (non-hydrogen) atoms. The minimum absolute atomic E-state index is 0.267. The van der Waals surface area contributed by atoms with E-state index in [-0.39, 0.29) is 5.92 Å². The van der Waals surface area contributed by atoms with Crippen LogP contribution in [0.4, 0.5) is 0 Å². The first-order valence-corrected chi connectivity index (χ1v) is 6.64. The van der Waals surface area contributed by atoms with Crippen LogP contribution in [-0.2, 0) is 15.1 Å². The van der Waals surface area contributed by atoms with Crippen LogP contribution in [0, 0.1) is 5.92 Å². The fourth-order valence-corrected chi connectivity index (χ4v) is 1.97. The molecule has 0 saturated heterocycles. The molecular formula is C15H22N2O3. The van der Waals surface area contributed by atoms with E-state index in [0.717, 1.165) is 0 Å². The zero-order chi connectivity index (χ0) is 15.3. The molecule has 0 aliphatic heterocycles. The van der Waals surface area contributed by atoms with Crippen molar-refractivity contribution in [2.45, 2.75) is 38.8 Å². The lowest BCUT2D eigenvalue weighted by atomic mass is 9.91. The molecule has 2 atom stereocenters. The number of nitrogens with two attached hydrogens (primary N) is 1. The van der Waals surface area contributed by atoms with Crippen molar-refractivity contribution in [3.63, 3.8) is 0 Å². The van der Waals surface area contributed by atoms with Gasteiger partial charge in [-0.05, 0) is 24.8 Å². The van der Waals surface area contributed by atoms with Gasteiger partial charge in [-0.25, -0.2) is 4.79 Å². The maximum Gasteiger partial charge on any atom is 0.333 e. The summed E-state index contributed by atoms with van der Waals surface area (Å²) in [5.74, 6) is -1.30. The number of amides is 1. The van der Waals surface area contributed by atoms with Crippen molar-refractivity contribution in [3.8, 4) is 0 Å².